The zero-order valence-electron chi connectivity index (χ0n) is 8.81. The van der Waals surface area contributed by atoms with E-state index in [1.54, 1.807) is 13.3 Å². The molecule has 0 bridgehead atoms. The maximum Gasteiger partial charge on any atom is 0.240 e. The van der Waals surface area contributed by atoms with E-state index in [2.05, 4.69) is 10.3 Å². The van der Waals surface area contributed by atoms with Crippen LogP contribution < -0.4 is 11.1 Å². The molecule has 1 aliphatic heterocycles. The lowest BCUT2D eigenvalue weighted by molar-refractivity contribution is -0.120. The molecule has 5 heteroatoms. The summed E-state index contributed by atoms with van der Waals surface area (Å²) in [5.41, 5.74) is 6.34. The van der Waals surface area contributed by atoms with E-state index in [1.807, 2.05) is 10.8 Å². The van der Waals surface area contributed by atoms with Gasteiger partial charge in [-0.3, -0.25) is 4.79 Å². The summed E-state index contributed by atoms with van der Waals surface area (Å²) < 4.78 is 1.85. The molecule has 1 aromatic rings. The molecule has 1 amide bonds. The zero-order chi connectivity index (χ0) is 10.8. The first-order valence-electron chi connectivity index (χ1n) is 5.24. The van der Waals surface area contributed by atoms with E-state index in [-0.39, 0.29) is 11.9 Å². The first-order valence-corrected chi connectivity index (χ1v) is 5.24. The van der Waals surface area contributed by atoms with Crippen LogP contribution in [-0.4, -0.2) is 22.0 Å². The molecule has 3 N–H and O–H groups in total. The highest BCUT2D eigenvalue weighted by atomic mass is 16.1. The molecule has 1 fully saturated rings. The SMILES string of the molecule is CC(C(N)=O)n1cncc1[C@@H]1CCCN1. The second-order valence-corrected chi connectivity index (χ2v) is 3.95. The highest BCUT2D eigenvalue weighted by Gasteiger charge is 2.23. The minimum atomic E-state index is -0.329. The second kappa shape index (κ2) is 4.02. The molecule has 2 atom stereocenters. The van der Waals surface area contributed by atoms with Gasteiger partial charge in [0.15, 0.2) is 0 Å². The highest BCUT2D eigenvalue weighted by molar-refractivity contribution is 5.78. The number of rotatable bonds is 3. The average molecular weight is 208 g/mol. The summed E-state index contributed by atoms with van der Waals surface area (Å²) in [7, 11) is 0. The lowest BCUT2D eigenvalue weighted by atomic mass is 10.1. The average Bonchev–Trinajstić information content (AvgIpc) is 2.86. The third-order valence-corrected chi connectivity index (χ3v) is 2.94. The molecule has 82 valence electrons. The Morgan fingerprint density at radius 3 is 3.20 bits per heavy atom. The minimum Gasteiger partial charge on any atom is -0.368 e. The van der Waals surface area contributed by atoms with Gasteiger partial charge in [0, 0.05) is 12.2 Å². The second-order valence-electron chi connectivity index (χ2n) is 3.95. The van der Waals surface area contributed by atoms with Crippen LogP contribution in [0, 0.1) is 0 Å². The van der Waals surface area contributed by atoms with E-state index < -0.39 is 0 Å². The number of hydrogen-bond acceptors (Lipinski definition) is 3. The molecule has 1 unspecified atom stereocenters. The predicted molar refractivity (Wildman–Crippen MR) is 56.1 cm³/mol. The van der Waals surface area contributed by atoms with Crippen molar-refractivity contribution in [3.63, 3.8) is 0 Å². The number of aromatic nitrogens is 2. The van der Waals surface area contributed by atoms with Crippen molar-refractivity contribution in [2.75, 3.05) is 6.54 Å². The Kier molecular flexibility index (Phi) is 2.73. The lowest BCUT2D eigenvalue weighted by Crippen LogP contribution is -2.27. The topological polar surface area (TPSA) is 72.9 Å². The van der Waals surface area contributed by atoms with Gasteiger partial charge < -0.3 is 15.6 Å². The van der Waals surface area contributed by atoms with Crippen molar-refractivity contribution < 1.29 is 4.79 Å². The largest absolute Gasteiger partial charge is 0.368 e. The van der Waals surface area contributed by atoms with Gasteiger partial charge in [0.2, 0.25) is 5.91 Å². The van der Waals surface area contributed by atoms with E-state index in [1.165, 1.54) is 6.42 Å². The number of carbonyl (C=O) groups is 1. The summed E-state index contributed by atoms with van der Waals surface area (Å²) in [5.74, 6) is -0.327. The van der Waals surface area contributed by atoms with Gasteiger partial charge in [-0.1, -0.05) is 0 Å². The van der Waals surface area contributed by atoms with Crippen molar-refractivity contribution in [2.24, 2.45) is 5.73 Å². The summed E-state index contributed by atoms with van der Waals surface area (Å²) in [6, 6.07) is -0.0146. The third kappa shape index (κ3) is 1.87. The van der Waals surface area contributed by atoms with E-state index in [0.29, 0.717) is 6.04 Å². The fraction of sp³-hybridized carbons (Fsp3) is 0.600. The first kappa shape index (κ1) is 10.2. The van der Waals surface area contributed by atoms with Gasteiger partial charge >= 0.3 is 0 Å². The zero-order valence-corrected chi connectivity index (χ0v) is 8.81. The van der Waals surface area contributed by atoms with E-state index in [4.69, 9.17) is 5.73 Å². The maximum absolute atomic E-state index is 11.1. The van der Waals surface area contributed by atoms with Gasteiger partial charge in [-0.15, -0.1) is 0 Å². The van der Waals surface area contributed by atoms with E-state index in [9.17, 15) is 4.79 Å². The molecule has 1 aromatic heterocycles. The fourth-order valence-corrected chi connectivity index (χ4v) is 1.98. The molecule has 2 heterocycles. The quantitative estimate of drug-likeness (QED) is 0.753. The number of nitrogens with one attached hydrogen (secondary N) is 1. The van der Waals surface area contributed by atoms with Crippen LogP contribution in [0.1, 0.15) is 37.5 Å². The van der Waals surface area contributed by atoms with Crippen molar-refractivity contribution in [2.45, 2.75) is 31.8 Å². The standard InChI is InChI=1S/C10H16N4O/c1-7(10(11)15)14-6-12-5-9(14)8-3-2-4-13-8/h5-8,13H,2-4H2,1H3,(H2,11,15)/t7?,8-/m0/s1. The summed E-state index contributed by atoms with van der Waals surface area (Å²) >= 11 is 0. The van der Waals surface area contributed by atoms with Crippen molar-refractivity contribution in [1.29, 1.82) is 0 Å². The van der Waals surface area contributed by atoms with Gasteiger partial charge in [-0.05, 0) is 26.3 Å². The van der Waals surface area contributed by atoms with Crippen LogP contribution >= 0.6 is 0 Å². The molecular weight excluding hydrogens is 192 g/mol. The molecule has 2 rings (SSSR count). The molecule has 0 saturated carbocycles. The normalized spacial score (nSPS) is 22.9. The number of nitrogens with zero attached hydrogens (tertiary/aromatic N) is 2. The summed E-state index contributed by atoms with van der Waals surface area (Å²) in [4.78, 5) is 15.2. The molecule has 0 radical (unpaired) electrons. The first-order chi connectivity index (χ1) is 7.20. The number of primary amides is 1. The maximum atomic E-state index is 11.1. The van der Waals surface area contributed by atoms with E-state index in [0.717, 1.165) is 18.7 Å². The van der Waals surface area contributed by atoms with Crippen molar-refractivity contribution in [3.05, 3.63) is 18.2 Å². The Hall–Kier alpha value is -1.36. The fourth-order valence-electron chi connectivity index (χ4n) is 1.98. The van der Waals surface area contributed by atoms with Crippen LogP contribution in [0.2, 0.25) is 0 Å². The molecule has 0 spiro atoms. The Balaban J connectivity index is 2.24. The number of carbonyl (C=O) groups excluding carboxylic acids is 1. The number of nitrogens with two attached hydrogens (primary N) is 1. The monoisotopic (exact) mass is 208 g/mol. The van der Waals surface area contributed by atoms with Crippen molar-refractivity contribution in [3.8, 4) is 0 Å². The Morgan fingerprint density at radius 2 is 2.60 bits per heavy atom. The van der Waals surface area contributed by atoms with Crippen LogP contribution in [0.15, 0.2) is 12.5 Å². The predicted octanol–water partition coefficient (Wildman–Crippen LogP) is 0.354. The Morgan fingerprint density at radius 1 is 1.80 bits per heavy atom. The molecule has 0 aromatic carbocycles. The minimum absolute atomic E-state index is 0.314. The Bertz CT molecular complexity index is 354. The molecule has 1 saturated heterocycles. The molecule has 0 aliphatic carbocycles. The lowest BCUT2D eigenvalue weighted by Gasteiger charge is -2.17. The number of amides is 1. The van der Waals surface area contributed by atoms with Gasteiger partial charge in [-0.2, -0.15) is 0 Å². The van der Waals surface area contributed by atoms with Crippen LogP contribution in [-0.2, 0) is 4.79 Å². The van der Waals surface area contributed by atoms with Crippen LogP contribution in [0.25, 0.3) is 0 Å². The highest BCUT2D eigenvalue weighted by Crippen LogP contribution is 2.24. The van der Waals surface area contributed by atoms with Crippen LogP contribution in [0.3, 0.4) is 0 Å². The van der Waals surface area contributed by atoms with Gasteiger partial charge in [0.05, 0.1) is 12.0 Å². The Labute approximate surface area is 88.7 Å². The molecule has 5 nitrogen and oxygen atoms in total. The number of imidazole rings is 1. The number of hydrogen-bond donors (Lipinski definition) is 2. The van der Waals surface area contributed by atoms with E-state index >= 15 is 0 Å². The van der Waals surface area contributed by atoms with Crippen LogP contribution in [0.4, 0.5) is 0 Å². The smallest absolute Gasteiger partial charge is 0.240 e. The van der Waals surface area contributed by atoms with Crippen LogP contribution in [0.5, 0.6) is 0 Å². The summed E-state index contributed by atoms with van der Waals surface area (Å²) in [6.07, 6.45) is 5.74. The summed E-state index contributed by atoms with van der Waals surface area (Å²) in [6.45, 7) is 2.82. The van der Waals surface area contributed by atoms with Gasteiger partial charge in [0.1, 0.15) is 6.04 Å². The molecule has 15 heavy (non-hydrogen) atoms. The van der Waals surface area contributed by atoms with Crippen molar-refractivity contribution in [1.82, 2.24) is 14.9 Å². The molecular formula is C10H16N4O. The summed E-state index contributed by atoms with van der Waals surface area (Å²) in [5, 5.41) is 3.38. The molecule has 1 aliphatic rings. The van der Waals surface area contributed by atoms with Gasteiger partial charge in [0.25, 0.3) is 0 Å². The third-order valence-electron chi connectivity index (χ3n) is 2.94. The van der Waals surface area contributed by atoms with Crippen molar-refractivity contribution >= 4 is 5.91 Å². The van der Waals surface area contributed by atoms with Gasteiger partial charge in [-0.25, -0.2) is 4.98 Å².